The van der Waals surface area contributed by atoms with Crippen LogP contribution < -0.4 is 0 Å². The average Bonchev–Trinajstić information content (AvgIpc) is 2.74. The highest BCUT2D eigenvalue weighted by molar-refractivity contribution is 5.78. The fourth-order valence-corrected chi connectivity index (χ4v) is 4.51. The van der Waals surface area contributed by atoms with Crippen LogP contribution in [-0.2, 0) is 4.79 Å². The van der Waals surface area contributed by atoms with Gasteiger partial charge in [0.15, 0.2) is 0 Å². The summed E-state index contributed by atoms with van der Waals surface area (Å²) in [5.74, 6) is 0.629. The summed E-state index contributed by atoms with van der Waals surface area (Å²) in [6.07, 6.45) is 29.6. The molecule has 0 bridgehead atoms. The molecule has 0 rings (SSSR count). The number of amides is 1. The van der Waals surface area contributed by atoms with Crippen LogP contribution in [0.3, 0.4) is 0 Å². The maximum absolute atomic E-state index is 12.5. The number of rotatable bonds is 23. The van der Waals surface area contributed by atoms with E-state index >= 15 is 0 Å². The van der Waals surface area contributed by atoms with E-state index in [1.165, 1.54) is 128 Å². The van der Waals surface area contributed by atoms with Crippen molar-refractivity contribution in [1.29, 1.82) is 0 Å². The zero-order valence-electron chi connectivity index (χ0n) is 21.5. The molecule has 180 valence electrons. The second-order valence-electron chi connectivity index (χ2n) is 9.87. The lowest BCUT2D eigenvalue weighted by molar-refractivity contribution is -0.133. The lowest BCUT2D eigenvalue weighted by Gasteiger charge is -2.20. The third-order valence-corrected chi connectivity index (χ3v) is 6.60. The minimum Gasteiger partial charge on any atom is -0.349 e. The van der Waals surface area contributed by atoms with Crippen LogP contribution in [0, 0.1) is 5.92 Å². The van der Waals surface area contributed by atoms with E-state index in [4.69, 9.17) is 0 Å². The van der Waals surface area contributed by atoms with Crippen molar-refractivity contribution < 1.29 is 4.79 Å². The van der Waals surface area contributed by atoms with Gasteiger partial charge >= 0.3 is 0 Å². The van der Waals surface area contributed by atoms with Crippen molar-refractivity contribution in [3.63, 3.8) is 0 Å². The Balaban J connectivity index is 3.70. The third kappa shape index (κ3) is 19.4. The van der Waals surface area contributed by atoms with E-state index in [2.05, 4.69) is 13.8 Å². The Kier molecular flexibility index (Phi) is 22.7. The van der Waals surface area contributed by atoms with Crippen LogP contribution in [0.4, 0.5) is 0 Å². The van der Waals surface area contributed by atoms with E-state index < -0.39 is 0 Å². The number of carbonyl (C=O) groups is 1. The molecule has 0 radical (unpaired) electrons. The fraction of sp³-hybridized carbons (Fsp3) is 0.964. The van der Waals surface area contributed by atoms with Gasteiger partial charge in [0.1, 0.15) is 0 Å². The molecule has 0 saturated heterocycles. The van der Waals surface area contributed by atoms with Crippen molar-refractivity contribution in [3.05, 3.63) is 0 Å². The molecule has 1 amide bonds. The van der Waals surface area contributed by atoms with Crippen molar-refractivity contribution in [2.45, 2.75) is 155 Å². The zero-order valence-corrected chi connectivity index (χ0v) is 21.5. The number of hydrogen-bond acceptors (Lipinski definition) is 1. The van der Waals surface area contributed by atoms with E-state index in [-0.39, 0.29) is 5.92 Å². The second kappa shape index (κ2) is 23.1. The molecule has 0 aliphatic rings. The van der Waals surface area contributed by atoms with Crippen molar-refractivity contribution >= 4 is 5.91 Å². The predicted molar refractivity (Wildman–Crippen MR) is 135 cm³/mol. The zero-order chi connectivity index (χ0) is 22.3. The molecule has 1 atom stereocenters. The Hall–Kier alpha value is -0.530. The number of carbonyl (C=O) groups excluding carboxylic acids is 1. The van der Waals surface area contributed by atoms with Gasteiger partial charge in [0.05, 0.1) is 0 Å². The fourth-order valence-electron chi connectivity index (χ4n) is 4.51. The molecule has 0 spiro atoms. The quantitative estimate of drug-likeness (QED) is 0.150. The Morgan fingerprint density at radius 3 is 1.03 bits per heavy atom. The first-order valence-corrected chi connectivity index (χ1v) is 13.8. The summed E-state index contributed by atoms with van der Waals surface area (Å²) in [5.41, 5.74) is 0. The van der Waals surface area contributed by atoms with Crippen LogP contribution in [0.1, 0.15) is 155 Å². The molecule has 0 aromatic rings. The van der Waals surface area contributed by atoms with E-state index in [1.807, 2.05) is 19.0 Å². The molecular formula is C28H57NO. The average molecular weight is 424 g/mol. The van der Waals surface area contributed by atoms with Gasteiger partial charge < -0.3 is 4.90 Å². The van der Waals surface area contributed by atoms with Crippen molar-refractivity contribution in [2.75, 3.05) is 14.1 Å². The predicted octanol–water partition coefficient (Wildman–Crippen LogP) is 9.31. The summed E-state index contributed by atoms with van der Waals surface area (Å²) in [5, 5.41) is 0. The van der Waals surface area contributed by atoms with Gasteiger partial charge in [0.2, 0.25) is 5.91 Å². The molecule has 0 fully saturated rings. The maximum atomic E-state index is 12.5. The Labute approximate surface area is 191 Å². The second-order valence-corrected chi connectivity index (χ2v) is 9.87. The molecule has 0 heterocycles. The SMILES string of the molecule is CCCCCCCCCCCCCCC(CCCCCCCCCC)C(=O)N(C)C. The van der Waals surface area contributed by atoms with Gasteiger partial charge in [-0.15, -0.1) is 0 Å². The van der Waals surface area contributed by atoms with Gasteiger partial charge in [-0.25, -0.2) is 0 Å². The first kappa shape index (κ1) is 29.5. The first-order valence-electron chi connectivity index (χ1n) is 13.8. The Bertz CT molecular complexity index is 353. The lowest BCUT2D eigenvalue weighted by atomic mass is 9.93. The number of hydrogen-bond donors (Lipinski definition) is 0. The monoisotopic (exact) mass is 423 g/mol. The molecule has 0 aliphatic carbocycles. The molecule has 30 heavy (non-hydrogen) atoms. The summed E-state index contributed by atoms with van der Waals surface area (Å²) in [6.45, 7) is 4.56. The van der Waals surface area contributed by atoms with Crippen molar-refractivity contribution in [2.24, 2.45) is 5.92 Å². The summed E-state index contributed by atoms with van der Waals surface area (Å²) in [7, 11) is 3.84. The largest absolute Gasteiger partial charge is 0.349 e. The third-order valence-electron chi connectivity index (χ3n) is 6.60. The molecule has 0 saturated carbocycles. The van der Waals surface area contributed by atoms with Gasteiger partial charge in [0, 0.05) is 20.0 Å². The topological polar surface area (TPSA) is 20.3 Å². The minimum atomic E-state index is 0.267. The minimum absolute atomic E-state index is 0.267. The molecule has 2 nitrogen and oxygen atoms in total. The maximum Gasteiger partial charge on any atom is 0.225 e. The lowest BCUT2D eigenvalue weighted by Crippen LogP contribution is -2.29. The smallest absolute Gasteiger partial charge is 0.225 e. The van der Waals surface area contributed by atoms with Gasteiger partial charge in [-0.1, -0.05) is 142 Å². The van der Waals surface area contributed by atoms with E-state index in [9.17, 15) is 4.79 Å². The van der Waals surface area contributed by atoms with Crippen LogP contribution >= 0.6 is 0 Å². The van der Waals surface area contributed by atoms with Crippen LogP contribution in [0.15, 0.2) is 0 Å². The number of unbranched alkanes of at least 4 members (excludes halogenated alkanes) is 18. The summed E-state index contributed by atoms with van der Waals surface area (Å²) in [4.78, 5) is 14.4. The van der Waals surface area contributed by atoms with Crippen LogP contribution in [0.25, 0.3) is 0 Å². The van der Waals surface area contributed by atoms with Gasteiger partial charge in [0.25, 0.3) is 0 Å². The van der Waals surface area contributed by atoms with Gasteiger partial charge in [-0.05, 0) is 12.8 Å². The van der Waals surface area contributed by atoms with Crippen molar-refractivity contribution in [3.8, 4) is 0 Å². The summed E-state index contributed by atoms with van der Waals surface area (Å²) >= 11 is 0. The summed E-state index contributed by atoms with van der Waals surface area (Å²) in [6, 6.07) is 0. The normalized spacial score (nSPS) is 12.3. The highest BCUT2D eigenvalue weighted by atomic mass is 16.2. The standard InChI is InChI=1S/C28H57NO/c1-5-7-9-11-13-15-16-17-18-20-22-24-26-27(28(30)29(3)4)25-23-21-19-14-12-10-8-6-2/h27H,5-26H2,1-4H3. The molecule has 2 heteroatoms. The molecule has 1 unspecified atom stereocenters. The number of nitrogens with zero attached hydrogens (tertiary/aromatic N) is 1. The highest BCUT2D eigenvalue weighted by Crippen LogP contribution is 2.21. The molecule has 0 N–H and O–H groups in total. The molecule has 0 aromatic carbocycles. The van der Waals surface area contributed by atoms with E-state index in [1.54, 1.807) is 0 Å². The highest BCUT2D eigenvalue weighted by Gasteiger charge is 2.19. The van der Waals surface area contributed by atoms with E-state index in [0.29, 0.717) is 5.91 Å². The van der Waals surface area contributed by atoms with Crippen LogP contribution in [0.2, 0.25) is 0 Å². The molecular weight excluding hydrogens is 366 g/mol. The van der Waals surface area contributed by atoms with Crippen LogP contribution in [0.5, 0.6) is 0 Å². The molecule has 0 aliphatic heterocycles. The first-order chi connectivity index (χ1) is 14.6. The summed E-state index contributed by atoms with van der Waals surface area (Å²) < 4.78 is 0. The van der Waals surface area contributed by atoms with E-state index in [0.717, 1.165) is 12.8 Å². The van der Waals surface area contributed by atoms with Crippen LogP contribution in [-0.4, -0.2) is 24.9 Å². The molecule has 0 aromatic heterocycles. The van der Waals surface area contributed by atoms with Crippen molar-refractivity contribution in [1.82, 2.24) is 4.90 Å². The Morgan fingerprint density at radius 1 is 0.500 bits per heavy atom. The Morgan fingerprint density at radius 2 is 0.767 bits per heavy atom. The van der Waals surface area contributed by atoms with Gasteiger partial charge in [-0.3, -0.25) is 4.79 Å². The van der Waals surface area contributed by atoms with Gasteiger partial charge in [-0.2, -0.15) is 0 Å².